The number of hydrogen-bond acceptors (Lipinski definition) is 4. The minimum atomic E-state index is -1.50. The molecular weight excluding hydrogens is 277 g/mol. The van der Waals surface area contributed by atoms with E-state index in [-0.39, 0.29) is 29.5 Å². The Balaban J connectivity index is 2.76. The molecule has 0 saturated heterocycles. The highest BCUT2D eigenvalue weighted by Crippen LogP contribution is 2.32. The lowest BCUT2D eigenvalue weighted by Crippen LogP contribution is -2.27. The van der Waals surface area contributed by atoms with Crippen molar-refractivity contribution >= 4 is 17.5 Å². The lowest BCUT2D eigenvalue weighted by atomic mass is 10.0. The van der Waals surface area contributed by atoms with Crippen molar-refractivity contribution in [3.05, 3.63) is 28.5 Å². The van der Waals surface area contributed by atoms with Crippen LogP contribution in [0.4, 0.5) is 4.39 Å². The lowest BCUT2D eigenvalue weighted by Gasteiger charge is -2.19. The molecule has 1 aromatic carbocycles. The summed E-state index contributed by atoms with van der Waals surface area (Å²) in [5.41, 5.74) is -0.194. The Bertz CT molecular complexity index is 469. The Hall–Kier alpha value is -1.37. The molecule has 0 aliphatic rings. The van der Waals surface area contributed by atoms with Crippen molar-refractivity contribution < 1.29 is 24.5 Å². The monoisotopic (exact) mass is 291 g/mol. The Morgan fingerprint density at radius 2 is 2.11 bits per heavy atom. The molecule has 5 nitrogen and oxygen atoms in total. The number of benzene rings is 1. The smallest absolute Gasteiger partial charge is 0.216 e. The van der Waals surface area contributed by atoms with Gasteiger partial charge in [0.1, 0.15) is 6.10 Å². The highest BCUT2D eigenvalue weighted by atomic mass is 35.5. The number of nitrogens with one attached hydrogen (secondary N) is 1. The second kappa shape index (κ2) is 6.70. The molecule has 0 radical (unpaired) electrons. The molecule has 2 unspecified atom stereocenters. The van der Waals surface area contributed by atoms with Crippen LogP contribution in [-0.4, -0.2) is 33.9 Å². The van der Waals surface area contributed by atoms with Crippen molar-refractivity contribution in [3.8, 4) is 5.75 Å². The Morgan fingerprint density at radius 3 is 2.68 bits per heavy atom. The number of aromatic hydroxyl groups is 1. The predicted octanol–water partition coefficient (Wildman–Crippen LogP) is 1.11. The first kappa shape index (κ1) is 15.7. The maximum absolute atomic E-state index is 13.2. The molecule has 0 aromatic heterocycles. The van der Waals surface area contributed by atoms with E-state index in [0.29, 0.717) is 0 Å². The highest BCUT2D eigenvalue weighted by molar-refractivity contribution is 6.30. The Kier molecular flexibility index (Phi) is 5.53. The maximum Gasteiger partial charge on any atom is 0.216 e. The fraction of sp³-hybridized carbons (Fsp3) is 0.417. The molecule has 1 amide bonds. The van der Waals surface area contributed by atoms with E-state index < -0.39 is 23.8 Å². The van der Waals surface area contributed by atoms with Crippen molar-refractivity contribution in [1.29, 1.82) is 0 Å². The summed E-state index contributed by atoms with van der Waals surface area (Å²) in [4.78, 5) is 10.6. The summed E-state index contributed by atoms with van der Waals surface area (Å²) in [7, 11) is 0. The highest BCUT2D eigenvalue weighted by Gasteiger charge is 2.23. The van der Waals surface area contributed by atoms with Gasteiger partial charge in [-0.25, -0.2) is 4.39 Å². The summed E-state index contributed by atoms with van der Waals surface area (Å²) in [6, 6.07) is 2.07. The molecule has 1 aromatic rings. The van der Waals surface area contributed by atoms with Gasteiger partial charge in [0.15, 0.2) is 11.6 Å². The maximum atomic E-state index is 13.2. The first-order valence-corrected chi connectivity index (χ1v) is 5.99. The van der Waals surface area contributed by atoms with Gasteiger partial charge in [0.05, 0.1) is 6.10 Å². The SMILES string of the molecule is CC(=O)NCCC(O)C(O)c1cc(Cl)cc(F)c1O. The van der Waals surface area contributed by atoms with E-state index in [1.54, 1.807) is 0 Å². The van der Waals surface area contributed by atoms with Crippen LogP contribution >= 0.6 is 11.6 Å². The van der Waals surface area contributed by atoms with Crippen molar-refractivity contribution in [2.24, 2.45) is 0 Å². The number of hydrogen-bond donors (Lipinski definition) is 4. The summed E-state index contributed by atoms with van der Waals surface area (Å²) in [5.74, 6) is -2.00. The average molecular weight is 292 g/mol. The van der Waals surface area contributed by atoms with Crippen LogP contribution in [-0.2, 0) is 4.79 Å². The largest absolute Gasteiger partial charge is 0.505 e. The van der Waals surface area contributed by atoms with Gasteiger partial charge in [-0.15, -0.1) is 0 Å². The van der Waals surface area contributed by atoms with Crippen LogP contribution in [0.5, 0.6) is 5.75 Å². The van der Waals surface area contributed by atoms with E-state index in [1.165, 1.54) is 13.0 Å². The number of phenols is 1. The summed E-state index contributed by atoms with van der Waals surface area (Å²) in [5, 5.41) is 31.5. The molecule has 1 rings (SSSR count). The van der Waals surface area contributed by atoms with E-state index >= 15 is 0 Å². The molecule has 0 heterocycles. The van der Waals surface area contributed by atoms with Crippen LogP contribution in [0.25, 0.3) is 0 Å². The molecule has 0 aliphatic carbocycles. The van der Waals surface area contributed by atoms with Crippen molar-refractivity contribution in [2.75, 3.05) is 6.54 Å². The number of rotatable bonds is 5. The lowest BCUT2D eigenvalue weighted by molar-refractivity contribution is -0.119. The molecule has 106 valence electrons. The quantitative estimate of drug-likeness (QED) is 0.654. The Morgan fingerprint density at radius 1 is 1.47 bits per heavy atom. The molecule has 19 heavy (non-hydrogen) atoms. The van der Waals surface area contributed by atoms with Gasteiger partial charge in [0.2, 0.25) is 5.91 Å². The van der Waals surface area contributed by atoms with Crippen molar-refractivity contribution in [3.63, 3.8) is 0 Å². The van der Waals surface area contributed by atoms with E-state index in [2.05, 4.69) is 5.32 Å². The molecule has 7 heteroatoms. The van der Waals surface area contributed by atoms with E-state index in [4.69, 9.17) is 11.6 Å². The van der Waals surface area contributed by atoms with Gasteiger partial charge in [-0.1, -0.05) is 11.6 Å². The number of phenolic OH excluding ortho intramolecular Hbond substituents is 1. The first-order valence-electron chi connectivity index (χ1n) is 5.61. The zero-order valence-electron chi connectivity index (χ0n) is 10.2. The zero-order valence-corrected chi connectivity index (χ0v) is 11.0. The second-order valence-electron chi connectivity index (χ2n) is 4.11. The third-order valence-corrected chi connectivity index (χ3v) is 2.77. The number of halogens is 2. The molecule has 0 spiro atoms. The number of aliphatic hydroxyl groups is 2. The third-order valence-electron chi connectivity index (χ3n) is 2.55. The van der Waals surface area contributed by atoms with Gasteiger partial charge in [-0.2, -0.15) is 0 Å². The number of amides is 1. The number of carbonyl (C=O) groups is 1. The van der Waals surface area contributed by atoms with Crippen LogP contribution in [0, 0.1) is 5.82 Å². The molecule has 4 N–H and O–H groups in total. The van der Waals surface area contributed by atoms with Gasteiger partial charge in [-0.05, 0) is 18.6 Å². The van der Waals surface area contributed by atoms with Crippen molar-refractivity contribution in [2.45, 2.75) is 25.6 Å². The summed E-state index contributed by atoms with van der Waals surface area (Å²) in [6.45, 7) is 1.47. The minimum absolute atomic E-state index is 0.00147. The molecule has 0 saturated carbocycles. The number of carbonyl (C=O) groups excluding carboxylic acids is 1. The summed E-state index contributed by atoms with van der Waals surface area (Å²) < 4.78 is 13.2. The third kappa shape index (κ3) is 4.34. The van der Waals surface area contributed by atoms with Gasteiger partial charge in [-0.3, -0.25) is 4.79 Å². The molecule has 0 aliphatic heterocycles. The standard InChI is InChI=1S/C12H15ClFNO4/c1-6(16)15-3-2-10(17)12(19)8-4-7(13)5-9(14)11(8)18/h4-5,10,12,17-19H,2-3H2,1H3,(H,15,16). The van der Waals surface area contributed by atoms with E-state index in [0.717, 1.165) is 6.07 Å². The summed E-state index contributed by atoms with van der Waals surface area (Å²) in [6.07, 6.45) is -2.72. The van der Waals surface area contributed by atoms with E-state index in [1.807, 2.05) is 0 Å². The van der Waals surface area contributed by atoms with Crippen LogP contribution in [0.1, 0.15) is 25.0 Å². The van der Waals surface area contributed by atoms with E-state index in [9.17, 15) is 24.5 Å². The van der Waals surface area contributed by atoms with Crippen LogP contribution in [0.15, 0.2) is 12.1 Å². The molecular formula is C12H15ClFNO4. The van der Waals surface area contributed by atoms with Crippen LogP contribution in [0.2, 0.25) is 5.02 Å². The number of aliphatic hydroxyl groups excluding tert-OH is 2. The fourth-order valence-corrected chi connectivity index (χ4v) is 1.79. The molecule has 2 atom stereocenters. The second-order valence-corrected chi connectivity index (χ2v) is 4.55. The van der Waals surface area contributed by atoms with Gasteiger partial charge < -0.3 is 20.6 Å². The molecule has 0 fully saturated rings. The topological polar surface area (TPSA) is 89.8 Å². The van der Waals surface area contributed by atoms with Crippen molar-refractivity contribution in [1.82, 2.24) is 5.32 Å². The normalized spacial score (nSPS) is 13.9. The first-order chi connectivity index (χ1) is 8.82. The van der Waals surface area contributed by atoms with Crippen LogP contribution in [0.3, 0.4) is 0 Å². The summed E-state index contributed by atoms with van der Waals surface area (Å²) >= 11 is 5.62. The average Bonchev–Trinajstić information content (AvgIpc) is 2.32. The fourth-order valence-electron chi connectivity index (χ4n) is 1.57. The van der Waals surface area contributed by atoms with Gasteiger partial charge in [0, 0.05) is 24.1 Å². The van der Waals surface area contributed by atoms with Gasteiger partial charge >= 0.3 is 0 Å². The Labute approximate surface area is 114 Å². The minimum Gasteiger partial charge on any atom is -0.505 e. The van der Waals surface area contributed by atoms with Gasteiger partial charge in [0.25, 0.3) is 0 Å². The van der Waals surface area contributed by atoms with Crippen LogP contribution < -0.4 is 5.32 Å². The zero-order chi connectivity index (χ0) is 14.6. The molecule has 0 bridgehead atoms. The predicted molar refractivity (Wildman–Crippen MR) is 67.3 cm³/mol.